The number of aromatic nitrogens is 1. The number of carbonyl (C=O) groups excluding carboxylic acids is 3. The zero-order chi connectivity index (χ0) is 25.8. The van der Waals surface area contributed by atoms with Gasteiger partial charge in [-0.1, -0.05) is 18.3 Å². The third kappa shape index (κ3) is 5.84. The average Bonchev–Trinajstić information content (AvgIpc) is 3.34. The van der Waals surface area contributed by atoms with E-state index in [1.807, 2.05) is 29.8 Å². The first-order valence-corrected chi connectivity index (χ1v) is 14.5. The molecule has 8 nitrogen and oxygen atoms in total. The molecule has 3 aromatic rings. The van der Waals surface area contributed by atoms with E-state index >= 15 is 0 Å². The number of rotatable bonds is 8. The molecule has 1 aliphatic rings. The van der Waals surface area contributed by atoms with E-state index in [9.17, 15) is 14.4 Å². The molecule has 11 heteroatoms. The Bertz CT molecular complexity index is 1370. The van der Waals surface area contributed by atoms with Crippen LogP contribution in [0.25, 0.3) is 10.2 Å². The molecule has 2 aromatic heterocycles. The molecule has 1 aromatic carbocycles. The van der Waals surface area contributed by atoms with Crippen molar-refractivity contribution in [2.75, 3.05) is 30.5 Å². The zero-order valence-corrected chi connectivity index (χ0v) is 23.2. The zero-order valence-electron chi connectivity index (χ0n) is 20.7. The number of thiophene rings is 1. The number of thioether (sulfide) groups is 1. The van der Waals surface area contributed by atoms with Gasteiger partial charge in [-0.2, -0.15) is 4.99 Å². The minimum atomic E-state index is -0.393. The number of ether oxygens (including phenoxy) is 2. The fourth-order valence-corrected chi connectivity index (χ4v) is 7.22. The van der Waals surface area contributed by atoms with Crippen molar-refractivity contribution in [2.24, 2.45) is 18.0 Å². The van der Waals surface area contributed by atoms with Crippen LogP contribution in [0.4, 0.5) is 5.00 Å². The van der Waals surface area contributed by atoms with Crippen molar-refractivity contribution >= 4 is 67.4 Å². The minimum Gasteiger partial charge on any atom is -0.497 e. The molecular weight excluding hydrogens is 518 g/mol. The SMILES string of the molecule is CCOC(=O)c1c(NC(=O)CSCC(=O)N=c2sc3cc(OC)ccc3n2C)sc2c1CCC(C)C2. The van der Waals surface area contributed by atoms with Gasteiger partial charge in [0.1, 0.15) is 10.8 Å². The molecule has 0 bridgehead atoms. The topological polar surface area (TPSA) is 99.0 Å². The number of hydrogen-bond acceptors (Lipinski definition) is 8. The molecule has 2 heterocycles. The van der Waals surface area contributed by atoms with Crippen LogP contribution in [0.5, 0.6) is 5.75 Å². The Morgan fingerprint density at radius 3 is 2.81 bits per heavy atom. The Kier molecular flexibility index (Phi) is 8.53. The molecule has 1 atom stereocenters. The second kappa shape index (κ2) is 11.6. The predicted molar refractivity (Wildman–Crippen MR) is 145 cm³/mol. The minimum absolute atomic E-state index is 0.0776. The van der Waals surface area contributed by atoms with Crippen LogP contribution < -0.4 is 14.9 Å². The largest absolute Gasteiger partial charge is 0.497 e. The molecule has 36 heavy (non-hydrogen) atoms. The number of carbonyl (C=O) groups is 3. The van der Waals surface area contributed by atoms with Crippen molar-refractivity contribution in [3.63, 3.8) is 0 Å². The highest BCUT2D eigenvalue weighted by molar-refractivity contribution is 8.00. The van der Waals surface area contributed by atoms with E-state index in [4.69, 9.17) is 9.47 Å². The number of nitrogens with one attached hydrogen (secondary N) is 1. The van der Waals surface area contributed by atoms with Gasteiger partial charge in [0.25, 0.3) is 5.91 Å². The maximum Gasteiger partial charge on any atom is 0.341 e. The standard InChI is InChI=1S/C25H29N3O5S3/c1-5-33-24(31)22-16-8-6-14(2)10-18(16)35-23(22)26-20(29)12-34-13-21(30)27-25-28(3)17-9-7-15(32-4)11-19(17)36-25/h7,9,11,14H,5-6,8,10,12-13H2,1-4H3,(H,26,29). The van der Waals surface area contributed by atoms with Gasteiger partial charge in [0, 0.05) is 11.9 Å². The summed E-state index contributed by atoms with van der Waals surface area (Å²) in [7, 11) is 3.47. The van der Waals surface area contributed by atoms with Gasteiger partial charge in [-0.15, -0.1) is 23.1 Å². The number of fused-ring (bicyclic) bond motifs is 2. The van der Waals surface area contributed by atoms with Crippen LogP contribution >= 0.6 is 34.4 Å². The number of aryl methyl sites for hydroxylation is 1. The number of hydrogen-bond donors (Lipinski definition) is 1. The summed E-state index contributed by atoms with van der Waals surface area (Å²) in [6.45, 7) is 4.24. The predicted octanol–water partition coefficient (Wildman–Crippen LogP) is 4.41. The number of benzene rings is 1. The van der Waals surface area contributed by atoms with Gasteiger partial charge in [-0.05, 0) is 55.9 Å². The Hall–Kier alpha value is -2.63. The molecule has 0 saturated heterocycles. The molecule has 1 N–H and O–H groups in total. The number of methoxy groups -OCH3 is 1. The van der Waals surface area contributed by atoms with E-state index in [2.05, 4.69) is 17.2 Å². The third-order valence-electron chi connectivity index (χ3n) is 5.94. The molecule has 0 radical (unpaired) electrons. The van der Waals surface area contributed by atoms with Crippen molar-refractivity contribution in [3.8, 4) is 5.75 Å². The Morgan fingerprint density at radius 2 is 2.06 bits per heavy atom. The average molecular weight is 548 g/mol. The van der Waals surface area contributed by atoms with Crippen LogP contribution in [0.15, 0.2) is 23.2 Å². The lowest BCUT2D eigenvalue weighted by Gasteiger charge is -2.18. The van der Waals surface area contributed by atoms with E-state index in [1.165, 1.54) is 34.4 Å². The van der Waals surface area contributed by atoms with E-state index in [-0.39, 0.29) is 29.9 Å². The van der Waals surface area contributed by atoms with Gasteiger partial charge in [0.05, 0.1) is 41.0 Å². The highest BCUT2D eigenvalue weighted by atomic mass is 32.2. The fourth-order valence-electron chi connectivity index (χ4n) is 4.14. The summed E-state index contributed by atoms with van der Waals surface area (Å²) < 4.78 is 13.4. The second-order valence-corrected chi connectivity index (χ2v) is 11.7. The molecular formula is C25H29N3O5S3. The smallest absolute Gasteiger partial charge is 0.341 e. The number of amides is 2. The fraction of sp³-hybridized carbons (Fsp3) is 0.440. The Labute approximate surface area is 221 Å². The summed E-state index contributed by atoms with van der Waals surface area (Å²) in [4.78, 5) is 43.7. The van der Waals surface area contributed by atoms with Gasteiger partial charge in [-0.25, -0.2) is 4.79 Å². The van der Waals surface area contributed by atoms with E-state index in [0.717, 1.165) is 45.7 Å². The molecule has 1 aliphatic carbocycles. The van der Waals surface area contributed by atoms with Crippen LogP contribution in [0, 0.1) is 5.92 Å². The van der Waals surface area contributed by atoms with Gasteiger partial charge in [-0.3, -0.25) is 9.59 Å². The number of nitrogens with zero attached hydrogens (tertiary/aromatic N) is 2. The lowest BCUT2D eigenvalue weighted by atomic mass is 9.88. The van der Waals surface area contributed by atoms with Gasteiger partial charge >= 0.3 is 5.97 Å². The van der Waals surface area contributed by atoms with Crippen LogP contribution in [0.3, 0.4) is 0 Å². The summed E-state index contributed by atoms with van der Waals surface area (Å²) in [6, 6.07) is 5.71. The molecule has 192 valence electrons. The van der Waals surface area contributed by atoms with Crippen LogP contribution in [0.2, 0.25) is 0 Å². The highest BCUT2D eigenvalue weighted by Crippen LogP contribution is 2.40. The molecule has 4 rings (SSSR count). The molecule has 1 unspecified atom stereocenters. The first kappa shape index (κ1) is 26.4. The quantitative estimate of drug-likeness (QED) is 0.420. The third-order valence-corrected chi connectivity index (χ3v) is 9.12. The summed E-state index contributed by atoms with van der Waals surface area (Å²) in [6.07, 6.45) is 2.72. The number of anilines is 1. The summed E-state index contributed by atoms with van der Waals surface area (Å²) in [5.41, 5.74) is 2.45. The maximum atomic E-state index is 12.7. The normalized spacial score (nSPS) is 15.6. The summed E-state index contributed by atoms with van der Waals surface area (Å²) in [5.74, 6) is 0.488. The van der Waals surface area contributed by atoms with Crippen molar-refractivity contribution in [3.05, 3.63) is 39.0 Å². The Morgan fingerprint density at radius 1 is 1.25 bits per heavy atom. The monoisotopic (exact) mass is 547 g/mol. The van der Waals surface area contributed by atoms with E-state index in [1.54, 1.807) is 14.0 Å². The van der Waals surface area contributed by atoms with Crippen molar-refractivity contribution in [1.29, 1.82) is 0 Å². The molecule has 0 fully saturated rings. The number of esters is 1. The molecule has 0 aliphatic heterocycles. The van der Waals surface area contributed by atoms with E-state index in [0.29, 0.717) is 21.3 Å². The van der Waals surface area contributed by atoms with Crippen molar-refractivity contribution < 1.29 is 23.9 Å². The van der Waals surface area contributed by atoms with Gasteiger partial charge in [0.2, 0.25) is 5.91 Å². The summed E-state index contributed by atoms with van der Waals surface area (Å²) in [5, 5.41) is 3.43. The van der Waals surface area contributed by atoms with Crippen LogP contribution in [-0.4, -0.2) is 47.6 Å². The van der Waals surface area contributed by atoms with Crippen LogP contribution in [-0.2, 0) is 34.2 Å². The van der Waals surface area contributed by atoms with Crippen LogP contribution in [0.1, 0.15) is 41.1 Å². The Balaban J connectivity index is 1.39. The molecule has 0 spiro atoms. The first-order chi connectivity index (χ1) is 17.3. The lowest BCUT2D eigenvalue weighted by molar-refractivity contribution is -0.115. The maximum absolute atomic E-state index is 12.7. The first-order valence-electron chi connectivity index (χ1n) is 11.7. The van der Waals surface area contributed by atoms with Gasteiger partial charge < -0.3 is 19.4 Å². The van der Waals surface area contributed by atoms with Crippen molar-refractivity contribution in [2.45, 2.75) is 33.1 Å². The number of thiazole rings is 1. The summed E-state index contributed by atoms with van der Waals surface area (Å²) >= 11 is 4.06. The van der Waals surface area contributed by atoms with Crippen molar-refractivity contribution in [1.82, 2.24) is 4.57 Å². The van der Waals surface area contributed by atoms with Gasteiger partial charge in [0.15, 0.2) is 4.80 Å². The highest BCUT2D eigenvalue weighted by Gasteiger charge is 2.29. The molecule has 2 amide bonds. The second-order valence-electron chi connectivity index (χ2n) is 8.60. The molecule has 0 saturated carbocycles. The van der Waals surface area contributed by atoms with E-state index < -0.39 is 5.97 Å². The lowest BCUT2D eigenvalue weighted by Crippen LogP contribution is -2.18.